The summed E-state index contributed by atoms with van der Waals surface area (Å²) in [4.78, 5) is 18.0. The van der Waals surface area contributed by atoms with Gasteiger partial charge in [0.25, 0.3) is 0 Å². The van der Waals surface area contributed by atoms with Crippen molar-refractivity contribution in [3.63, 3.8) is 0 Å². The van der Waals surface area contributed by atoms with Gasteiger partial charge < -0.3 is 15.1 Å². The number of rotatable bonds is 8. The molecule has 2 rings (SSSR count). The molecule has 30 heavy (non-hydrogen) atoms. The summed E-state index contributed by atoms with van der Waals surface area (Å²) in [6, 6.07) is 0. The molecule has 0 saturated heterocycles. The summed E-state index contributed by atoms with van der Waals surface area (Å²) < 4.78 is 0. The van der Waals surface area contributed by atoms with E-state index in [0.29, 0.717) is 19.4 Å². The molecule has 1 atom stereocenters. The Bertz CT molecular complexity index is 869. The number of hydrazone groups is 1. The van der Waals surface area contributed by atoms with Crippen molar-refractivity contribution in [1.82, 2.24) is 9.91 Å². The Hall–Kier alpha value is -3.79. The number of hydrogen-bond donors (Lipinski definition) is 2. The van der Waals surface area contributed by atoms with Gasteiger partial charge in [-0.2, -0.15) is 5.10 Å². The minimum Gasteiger partial charge on any atom is -0.481 e. The minimum absolute atomic E-state index is 0.423. The molecule has 0 fully saturated rings. The van der Waals surface area contributed by atoms with Gasteiger partial charge in [-0.3, -0.25) is 14.8 Å². The number of nitrogens with zero attached hydrogens (tertiary/aromatic N) is 4. The molecule has 7 heteroatoms. The first kappa shape index (κ1) is 24.2. The molecule has 2 N–H and O–H groups in total. The van der Waals surface area contributed by atoms with Crippen LogP contribution in [0.15, 0.2) is 82.5 Å². The zero-order valence-corrected chi connectivity index (χ0v) is 17.4. The van der Waals surface area contributed by atoms with Crippen LogP contribution in [-0.2, 0) is 4.79 Å². The second kappa shape index (κ2) is 12.6. The third-order valence-corrected chi connectivity index (χ3v) is 4.38. The van der Waals surface area contributed by atoms with Gasteiger partial charge in [0.15, 0.2) is 0 Å². The first-order valence-electron chi connectivity index (χ1n) is 9.25. The molecule has 0 saturated carbocycles. The molecule has 0 aromatic carbocycles. The molecule has 2 aliphatic rings. The lowest BCUT2D eigenvalue weighted by atomic mass is 9.88. The van der Waals surface area contributed by atoms with Crippen molar-refractivity contribution in [3.05, 3.63) is 72.4 Å². The highest BCUT2D eigenvalue weighted by Crippen LogP contribution is 2.31. The van der Waals surface area contributed by atoms with Crippen LogP contribution in [0.5, 0.6) is 0 Å². The molecule has 1 unspecified atom stereocenters. The van der Waals surface area contributed by atoms with Gasteiger partial charge in [-0.25, -0.2) is 0 Å². The van der Waals surface area contributed by atoms with Crippen LogP contribution in [0.3, 0.4) is 0 Å². The van der Waals surface area contributed by atoms with Gasteiger partial charge >= 0.3 is 5.97 Å². The lowest BCUT2D eigenvalue weighted by Crippen LogP contribution is -2.35. The number of aliphatic hydroxyl groups excluding tert-OH is 1. The van der Waals surface area contributed by atoms with E-state index in [1.165, 1.54) is 6.11 Å². The third-order valence-electron chi connectivity index (χ3n) is 4.38. The van der Waals surface area contributed by atoms with E-state index >= 15 is 0 Å². The molecule has 2 aliphatic heterocycles. The van der Waals surface area contributed by atoms with Crippen LogP contribution >= 0.6 is 0 Å². The van der Waals surface area contributed by atoms with Gasteiger partial charge in [-0.1, -0.05) is 19.1 Å². The number of hydrogen-bond acceptors (Lipinski definition) is 6. The van der Waals surface area contributed by atoms with Gasteiger partial charge in [-0.05, 0) is 48.8 Å². The molecule has 2 heterocycles. The van der Waals surface area contributed by atoms with Crippen LogP contribution in [0.4, 0.5) is 0 Å². The number of terminal acetylenes is 1. The molecule has 0 amide bonds. The van der Waals surface area contributed by atoms with Crippen molar-refractivity contribution in [2.45, 2.75) is 19.8 Å². The van der Waals surface area contributed by atoms with Crippen molar-refractivity contribution in [2.24, 2.45) is 16.0 Å². The molecule has 158 valence electrons. The van der Waals surface area contributed by atoms with Gasteiger partial charge in [-0.15, -0.1) is 0 Å². The number of carboxylic acids is 1. The standard InChI is InChI=1S/C21H26N4O2.C2H2O/c1-5-19(23-10-9-16(2)14-24(4)22-3)13-17-12-18(21(26)27)15-25-11-7-6-8-20(17)25;1-2-3/h5-11,14,18H,1,3,12-13,15H2,2,4H3,(H,26,27);1,3H/b10-9+,16-14+,23-19?;. The van der Waals surface area contributed by atoms with Gasteiger partial charge in [0.2, 0.25) is 0 Å². The zero-order chi connectivity index (χ0) is 22.5. The summed E-state index contributed by atoms with van der Waals surface area (Å²) >= 11 is 0. The van der Waals surface area contributed by atoms with E-state index in [4.69, 9.17) is 5.11 Å². The summed E-state index contributed by atoms with van der Waals surface area (Å²) in [5, 5.41) is 22.0. The smallest absolute Gasteiger partial charge is 0.308 e. The highest BCUT2D eigenvalue weighted by atomic mass is 16.4. The van der Waals surface area contributed by atoms with Crippen LogP contribution in [-0.4, -0.2) is 52.1 Å². The maximum Gasteiger partial charge on any atom is 0.308 e. The minimum atomic E-state index is -0.771. The Morgan fingerprint density at radius 2 is 2.20 bits per heavy atom. The van der Waals surface area contributed by atoms with Gasteiger partial charge in [0.05, 0.1) is 5.92 Å². The third kappa shape index (κ3) is 7.68. The molecular weight excluding hydrogens is 380 g/mol. The maximum absolute atomic E-state index is 11.5. The SMILES string of the molecule is C#CO.C=CC(CC1=C2C=CC=CN2CC(C(=O)O)C1)=N/C=C/C(C)=C/N(C)N=C. The second-order valence-electron chi connectivity index (χ2n) is 6.62. The summed E-state index contributed by atoms with van der Waals surface area (Å²) in [5.74, 6) is -1.19. The Kier molecular flexibility index (Phi) is 10.2. The molecule has 0 aromatic rings. The summed E-state index contributed by atoms with van der Waals surface area (Å²) in [5.41, 5.74) is 3.90. The fourth-order valence-corrected chi connectivity index (χ4v) is 3.01. The van der Waals surface area contributed by atoms with E-state index in [-0.39, 0.29) is 0 Å². The van der Waals surface area contributed by atoms with Crippen LogP contribution in [0.25, 0.3) is 0 Å². The number of fused-ring (bicyclic) bond motifs is 1. The summed E-state index contributed by atoms with van der Waals surface area (Å²) in [7, 11) is 1.80. The Balaban J connectivity index is 0.00000141. The van der Waals surface area contributed by atoms with Gasteiger partial charge in [0.1, 0.15) is 6.11 Å². The van der Waals surface area contributed by atoms with Crippen molar-refractivity contribution in [1.29, 1.82) is 0 Å². The van der Waals surface area contributed by atoms with E-state index in [2.05, 4.69) is 29.8 Å². The molecule has 0 aliphatic carbocycles. The first-order valence-corrected chi connectivity index (χ1v) is 9.25. The molecule has 0 bridgehead atoms. The topological polar surface area (TPSA) is 88.7 Å². The van der Waals surface area contributed by atoms with Crippen molar-refractivity contribution >= 4 is 18.4 Å². The average Bonchev–Trinajstić information content (AvgIpc) is 2.73. The van der Waals surface area contributed by atoms with E-state index < -0.39 is 11.9 Å². The Morgan fingerprint density at radius 3 is 2.80 bits per heavy atom. The molecule has 0 radical (unpaired) electrons. The summed E-state index contributed by atoms with van der Waals surface area (Å²) in [6.07, 6.45) is 21.5. The normalized spacial score (nSPS) is 18.3. The Morgan fingerprint density at radius 1 is 1.50 bits per heavy atom. The number of aliphatic carboxylic acids is 1. The number of aliphatic hydroxyl groups is 1. The number of allylic oxidation sites excluding steroid dienone is 7. The van der Waals surface area contributed by atoms with Crippen molar-refractivity contribution < 1.29 is 15.0 Å². The predicted molar refractivity (Wildman–Crippen MR) is 121 cm³/mol. The Labute approximate surface area is 178 Å². The van der Waals surface area contributed by atoms with Crippen LogP contribution in [0, 0.1) is 18.4 Å². The fraction of sp³-hybridized carbons (Fsp3) is 0.261. The predicted octanol–water partition coefficient (Wildman–Crippen LogP) is 3.66. The molecular formula is C23H28N4O3. The molecule has 0 spiro atoms. The monoisotopic (exact) mass is 408 g/mol. The van der Waals surface area contributed by atoms with E-state index in [1.807, 2.05) is 48.5 Å². The lowest BCUT2D eigenvalue weighted by molar-refractivity contribution is -0.142. The highest BCUT2D eigenvalue weighted by molar-refractivity contribution is 5.96. The second-order valence-corrected chi connectivity index (χ2v) is 6.62. The van der Waals surface area contributed by atoms with Gasteiger partial charge in [0, 0.05) is 56.7 Å². The van der Waals surface area contributed by atoms with E-state index in [1.54, 1.807) is 24.3 Å². The number of carbonyl (C=O) groups is 1. The quantitative estimate of drug-likeness (QED) is 0.277. The van der Waals surface area contributed by atoms with Crippen LogP contribution in [0.1, 0.15) is 19.8 Å². The van der Waals surface area contributed by atoms with Crippen molar-refractivity contribution in [2.75, 3.05) is 13.6 Å². The van der Waals surface area contributed by atoms with Crippen molar-refractivity contribution in [3.8, 4) is 12.5 Å². The number of aliphatic imine (C=N–C) groups is 1. The van der Waals surface area contributed by atoms with Crippen LogP contribution < -0.4 is 0 Å². The summed E-state index contributed by atoms with van der Waals surface area (Å²) in [6.45, 7) is 9.74. The maximum atomic E-state index is 11.5. The largest absolute Gasteiger partial charge is 0.481 e. The average molecular weight is 409 g/mol. The molecule has 7 nitrogen and oxygen atoms in total. The fourth-order valence-electron chi connectivity index (χ4n) is 3.01. The number of carboxylic acid groups (broad SMARTS) is 1. The van der Waals surface area contributed by atoms with E-state index in [0.717, 1.165) is 22.6 Å². The zero-order valence-electron chi connectivity index (χ0n) is 17.4. The van der Waals surface area contributed by atoms with Crippen LogP contribution in [0.2, 0.25) is 0 Å². The molecule has 0 aromatic heterocycles. The van der Waals surface area contributed by atoms with E-state index in [9.17, 15) is 9.90 Å². The first-order chi connectivity index (χ1) is 14.4. The lowest BCUT2D eigenvalue weighted by Gasteiger charge is -2.34. The highest BCUT2D eigenvalue weighted by Gasteiger charge is 2.29.